The van der Waals surface area contributed by atoms with E-state index in [4.69, 9.17) is 0 Å². The molecule has 1 heterocycles. The largest absolute Gasteiger partial charge is 0.340 e. The topological polar surface area (TPSA) is 57.7 Å². The number of amides is 1. The van der Waals surface area contributed by atoms with Crippen molar-refractivity contribution in [1.29, 1.82) is 0 Å². The van der Waals surface area contributed by atoms with Gasteiger partial charge in [-0.15, -0.1) is 0 Å². The fourth-order valence-corrected chi connectivity index (χ4v) is 6.46. The molecular formula is C23H32N2O3S. The van der Waals surface area contributed by atoms with Crippen LogP contribution in [0, 0.1) is 17.3 Å². The molecule has 6 heteroatoms. The Balaban J connectivity index is 1.33. The van der Waals surface area contributed by atoms with Crippen LogP contribution in [-0.4, -0.2) is 62.6 Å². The van der Waals surface area contributed by atoms with Gasteiger partial charge in [0.2, 0.25) is 5.91 Å². The second-order valence-corrected chi connectivity index (χ2v) is 11.5. The molecule has 5 nitrogen and oxygen atoms in total. The molecule has 1 aromatic rings. The lowest BCUT2D eigenvalue weighted by Gasteiger charge is -2.57. The van der Waals surface area contributed by atoms with Gasteiger partial charge in [-0.25, -0.2) is 8.42 Å². The van der Waals surface area contributed by atoms with Gasteiger partial charge in [0, 0.05) is 39.1 Å². The third-order valence-electron chi connectivity index (χ3n) is 7.40. The van der Waals surface area contributed by atoms with Crippen molar-refractivity contribution in [1.82, 2.24) is 9.80 Å². The van der Waals surface area contributed by atoms with E-state index in [-0.39, 0.29) is 18.2 Å². The summed E-state index contributed by atoms with van der Waals surface area (Å²) in [6, 6.07) is 8.50. The van der Waals surface area contributed by atoms with Gasteiger partial charge in [0.05, 0.1) is 10.6 Å². The highest BCUT2D eigenvalue weighted by Gasteiger charge is 2.51. The molecule has 2 fully saturated rings. The molecule has 1 aromatic carbocycles. The Hall–Kier alpha value is -1.66. The number of carbonyl (C=O) groups excluding carboxylic acids is 1. The molecule has 1 aliphatic heterocycles. The van der Waals surface area contributed by atoms with Crippen molar-refractivity contribution in [3.05, 3.63) is 42.0 Å². The minimum absolute atomic E-state index is 0.0223. The van der Waals surface area contributed by atoms with Gasteiger partial charge in [0.25, 0.3) is 0 Å². The van der Waals surface area contributed by atoms with E-state index in [2.05, 4.69) is 24.8 Å². The molecule has 0 spiro atoms. The molecule has 1 saturated carbocycles. The van der Waals surface area contributed by atoms with Crippen LogP contribution in [0.5, 0.6) is 0 Å². The van der Waals surface area contributed by atoms with Crippen LogP contribution in [0.2, 0.25) is 0 Å². The van der Waals surface area contributed by atoms with Crippen molar-refractivity contribution in [2.24, 2.45) is 17.3 Å². The number of hydrogen-bond donors (Lipinski definition) is 0. The van der Waals surface area contributed by atoms with Crippen molar-refractivity contribution in [3.8, 4) is 0 Å². The standard InChI is InChI=1S/C23H32N2O3S/c1-23(2)19-9-8-18(21(23)16-19)17-24-11-10-22(26)25(13-12-24)14-15-29(27,28)20-6-4-3-5-7-20/h3-8,19,21H,9-17H2,1-2H3/t19-,21-/m0/s1. The Morgan fingerprint density at radius 1 is 1.10 bits per heavy atom. The maximum Gasteiger partial charge on any atom is 0.223 e. The van der Waals surface area contributed by atoms with E-state index in [1.54, 1.807) is 40.8 Å². The lowest BCUT2D eigenvalue weighted by molar-refractivity contribution is -0.130. The second kappa shape index (κ2) is 7.88. The molecule has 1 amide bonds. The van der Waals surface area contributed by atoms with Crippen LogP contribution in [0.3, 0.4) is 0 Å². The minimum Gasteiger partial charge on any atom is -0.340 e. The first-order valence-corrected chi connectivity index (χ1v) is 12.4. The molecule has 1 saturated heterocycles. The summed E-state index contributed by atoms with van der Waals surface area (Å²) in [4.78, 5) is 17.0. The summed E-state index contributed by atoms with van der Waals surface area (Å²) in [5, 5.41) is 0. The SMILES string of the molecule is CC1(C)[C@H]2CC=C(CN3CCC(=O)N(CCS(=O)(=O)c4ccccc4)CC3)[C@@H]1C2. The van der Waals surface area contributed by atoms with Crippen LogP contribution in [0.1, 0.15) is 33.1 Å². The number of benzene rings is 1. The number of hydrogen-bond acceptors (Lipinski definition) is 4. The maximum atomic E-state index is 12.6. The second-order valence-electron chi connectivity index (χ2n) is 9.36. The van der Waals surface area contributed by atoms with Gasteiger partial charge in [-0.3, -0.25) is 9.69 Å². The molecule has 0 unspecified atom stereocenters. The van der Waals surface area contributed by atoms with Crippen molar-refractivity contribution in [2.45, 2.75) is 38.0 Å². The summed E-state index contributed by atoms with van der Waals surface area (Å²) in [5.74, 6) is 1.57. The van der Waals surface area contributed by atoms with Crippen molar-refractivity contribution >= 4 is 15.7 Å². The molecular weight excluding hydrogens is 384 g/mol. The molecule has 2 atom stereocenters. The number of allylic oxidation sites excluding steroid dienone is 1. The van der Waals surface area contributed by atoms with Crippen LogP contribution < -0.4 is 0 Å². The van der Waals surface area contributed by atoms with E-state index in [0.29, 0.717) is 29.2 Å². The van der Waals surface area contributed by atoms with Crippen LogP contribution in [-0.2, 0) is 14.6 Å². The highest BCUT2D eigenvalue weighted by atomic mass is 32.2. The van der Waals surface area contributed by atoms with Gasteiger partial charge in [-0.05, 0) is 42.2 Å². The summed E-state index contributed by atoms with van der Waals surface area (Å²) in [5.41, 5.74) is 1.97. The Morgan fingerprint density at radius 2 is 1.86 bits per heavy atom. The van der Waals surface area contributed by atoms with Crippen LogP contribution in [0.25, 0.3) is 0 Å². The first kappa shape index (κ1) is 20.6. The van der Waals surface area contributed by atoms with E-state index in [1.807, 2.05) is 0 Å². The minimum atomic E-state index is -3.36. The average Bonchev–Trinajstić information content (AvgIpc) is 2.88. The van der Waals surface area contributed by atoms with E-state index >= 15 is 0 Å². The number of fused-ring (bicyclic) bond motifs is 1. The molecule has 2 bridgehead atoms. The summed E-state index contributed by atoms with van der Waals surface area (Å²) >= 11 is 0. The molecule has 29 heavy (non-hydrogen) atoms. The quantitative estimate of drug-likeness (QED) is 0.669. The molecule has 4 aliphatic rings. The van der Waals surface area contributed by atoms with E-state index in [1.165, 1.54) is 12.8 Å². The number of carbonyl (C=O) groups is 1. The third-order valence-corrected chi connectivity index (χ3v) is 9.11. The third kappa shape index (κ3) is 4.15. The summed E-state index contributed by atoms with van der Waals surface area (Å²) in [6.45, 7) is 8.17. The normalized spacial score (nSPS) is 27.2. The molecule has 0 radical (unpaired) electrons. The molecule has 0 aromatic heterocycles. The van der Waals surface area contributed by atoms with Crippen molar-refractivity contribution in [3.63, 3.8) is 0 Å². The summed E-state index contributed by atoms with van der Waals surface area (Å²) in [7, 11) is -3.36. The van der Waals surface area contributed by atoms with E-state index < -0.39 is 9.84 Å². The Morgan fingerprint density at radius 3 is 2.55 bits per heavy atom. The van der Waals surface area contributed by atoms with Crippen LogP contribution in [0.4, 0.5) is 0 Å². The fraction of sp³-hybridized carbons (Fsp3) is 0.609. The molecule has 3 aliphatic carbocycles. The first-order valence-electron chi connectivity index (χ1n) is 10.7. The lowest BCUT2D eigenvalue weighted by Crippen LogP contribution is -2.50. The zero-order valence-electron chi connectivity index (χ0n) is 17.5. The lowest BCUT2D eigenvalue weighted by atomic mass is 9.49. The van der Waals surface area contributed by atoms with Gasteiger partial charge < -0.3 is 4.90 Å². The van der Waals surface area contributed by atoms with Crippen molar-refractivity contribution < 1.29 is 13.2 Å². The van der Waals surface area contributed by atoms with Gasteiger partial charge in [-0.1, -0.05) is 43.7 Å². The monoisotopic (exact) mass is 416 g/mol. The summed E-state index contributed by atoms with van der Waals surface area (Å²) in [6.07, 6.45) is 5.40. The predicted octanol–water partition coefficient (Wildman–Crippen LogP) is 2.99. The molecule has 158 valence electrons. The van der Waals surface area contributed by atoms with E-state index in [9.17, 15) is 13.2 Å². The zero-order chi connectivity index (χ0) is 20.6. The highest BCUT2D eigenvalue weighted by molar-refractivity contribution is 7.91. The summed E-state index contributed by atoms with van der Waals surface area (Å²) < 4.78 is 25.1. The highest BCUT2D eigenvalue weighted by Crippen LogP contribution is 2.59. The van der Waals surface area contributed by atoms with Gasteiger partial charge in [0.15, 0.2) is 9.84 Å². The fourth-order valence-electron chi connectivity index (χ4n) is 5.20. The Labute approximate surface area is 174 Å². The van der Waals surface area contributed by atoms with E-state index in [0.717, 1.165) is 25.6 Å². The molecule has 5 rings (SSSR count). The maximum absolute atomic E-state index is 12.6. The van der Waals surface area contributed by atoms with Gasteiger partial charge in [-0.2, -0.15) is 0 Å². The predicted molar refractivity (Wildman–Crippen MR) is 114 cm³/mol. The van der Waals surface area contributed by atoms with Gasteiger partial charge >= 0.3 is 0 Å². The Bertz CT molecular complexity index is 892. The smallest absolute Gasteiger partial charge is 0.223 e. The zero-order valence-corrected chi connectivity index (χ0v) is 18.3. The van der Waals surface area contributed by atoms with Gasteiger partial charge in [0.1, 0.15) is 0 Å². The van der Waals surface area contributed by atoms with Crippen LogP contribution >= 0.6 is 0 Å². The Kier molecular flexibility index (Phi) is 5.60. The molecule has 0 N–H and O–H groups in total. The number of sulfone groups is 1. The average molecular weight is 417 g/mol. The number of rotatable bonds is 6. The first-order chi connectivity index (χ1) is 13.8. The van der Waals surface area contributed by atoms with Crippen LogP contribution in [0.15, 0.2) is 46.9 Å². The number of nitrogens with zero attached hydrogens (tertiary/aromatic N) is 2. The van der Waals surface area contributed by atoms with Crippen molar-refractivity contribution in [2.75, 3.05) is 38.5 Å².